The van der Waals surface area contributed by atoms with Crippen molar-refractivity contribution in [3.8, 4) is 0 Å². The molecule has 3 N–H and O–H groups in total. The van der Waals surface area contributed by atoms with E-state index in [1.54, 1.807) is 0 Å². The molecule has 1 saturated heterocycles. The Morgan fingerprint density at radius 2 is 1.86 bits per heavy atom. The summed E-state index contributed by atoms with van der Waals surface area (Å²) >= 11 is 0. The fourth-order valence-electron chi connectivity index (χ4n) is 3.31. The third kappa shape index (κ3) is 5.81. The van der Waals surface area contributed by atoms with Crippen molar-refractivity contribution in [1.82, 2.24) is 10.6 Å². The Morgan fingerprint density at radius 1 is 1.14 bits per heavy atom. The number of amides is 1. The molecule has 29 heavy (non-hydrogen) atoms. The number of carbonyl (C=O) groups is 1. The molecule has 1 atom stereocenters. The zero-order chi connectivity index (χ0) is 20.6. The molecule has 1 amide bonds. The molecule has 0 saturated carbocycles. The topological polar surface area (TPSA) is 77.0 Å². The summed E-state index contributed by atoms with van der Waals surface area (Å²) in [5, 5.41) is 16.8. The number of aliphatic imine (C=N–C) groups is 1. The van der Waals surface area contributed by atoms with Crippen molar-refractivity contribution in [2.75, 3.05) is 24.5 Å². The number of guanidine groups is 1. The van der Waals surface area contributed by atoms with Crippen LogP contribution in [0.25, 0.3) is 0 Å². The zero-order valence-corrected chi connectivity index (χ0v) is 17.2. The smallest absolute Gasteiger partial charge is 0.227 e. The fourth-order valence-corrected chi connectivity index (χ4v) is 3.31. The maximum Gasteiger partial charge on any atom is 0.227 e. The highest BCUT2D eigenvalue weighted by atomic mass is 16.3. The molecule has 2 aromatic rings. The Hall–Kier alpha value is -2.86. The Bertz CT molecular complexity index is 831. The van der Waals surface area contributed by atoms with Crippen molar-refractivity contribution in [3.63, 3.8) is 0 Å². The van der Waals surface area contributed by atoms with Gasteiger partial charge in [0.15, 0.2) is 5.96 Å². The summed E-state index contributed by atoms with van der Waals surface area (Å²) in [6.07, 6.45) is 0.964. The molecule has 1 aliphatic heterocycles. The molecular formula is C23H30N4O2. The van der Waals surface area contributed by atoms with Crippen molar-refractivity contribution >= 4 is 17.6 Å². The van der Waals surface area contributed by atoms with E-state index in [4.69, 9.17) is 0 Å². The molecule has 0 spiro atoms. The van der Waals surface area contributed by atoms with Gasteiger partial charge in [0.1, 0.15) is 0 Å². The molecule has 1 heterocycles. The summed E-state index contributed by atoms with van der Waals surface area (Å²) in [6.45, 7) is 6.47. The number of nitrogens with one attached hydrogen (secondary N) is 2. The second-order valence-electron chi connectivity index (χ2n) is 7.32. The molecule has 6 heteroatoms. The predicted octanol–water partition coefficient (Wildman–Crippen LogP) is 2.91. The number of benzene rings is 2. The normalized spacial score (nSPS) is 15.5. The first-order chi connectivity index (χ1) is 14.1. The van der Waals surface area contributed by atoms with Crippen molar-refractivity contribution in [1.29, 1.82) is 0 Å². The maximum atomic E-state index is 11.9. The van der Waals surface area contributed by atoms with E-state index in [1.165, 1.54) is 5.56 Å². The number of carbonyl (C=O) groups excluding carboxylic acids is 1. The summed E-state index contributed by atoms with van der Waals surface area (Å²) in [5.74, 6) is 0.860. The second kappa shape index (κ2) is 10.1. The average molecular weight is 395 g/mol. The van der Waals surface area contributed by atoms with Gasteiger partial charge in [0, 0.05) is 31.7 Å². The Kier molecular flexibility index (Phi) is 7.25. The van der Waals surface area contributed by atoms with Gasteiger partial charge >= 0.3 is 0 Å². The van der Waals surface area contributed by atoms with Crippen LogP contribution in [0.2, 0.25) is 0 Å². The number of anilines is 1. The highest BCUT2D eigenvalue weighted by Gasteiger charge is 2.21. The van der Waals surface area contributed by atoms with Crippen LogP contribution >= 0.6 is 0 Å². The van der Waals surface area contributed by atoms with Gasteiger partial charge < -0.3 is 20.6 Å². The van der Waals surface area contributed by atoms with E-state index in [1.807, 2.05) is 67.3 Å². The van der Waals surface area contributed by atoms with Crippen LogP contribution in [0.3, 0.4) is 0 Å². The van der Waals surface area contributed by atoms with Crippen LogP contribution in [0.4, 0.5) is 5.69 Å². The molecule has 3 rings (SSSR count). The lowest BCUT2D eigenvalue weighted by Crippen LogP contribution is -2.39. The molecule has 0 bridgehead atoms. The monoisotopic (exact) mass is 394 g/mol. The molecule has 0 aromatic heterocycles. The van der Waals surface area contributed by atoms with Gasteiger partial charge in [-0.3, -0.25) is 4.79 Å². The van der Waals surface area contributed by atoms with Gasteiger partial charge in [-0.2, -0.15) is 0 Å². The van der Waals surface area contributed by atoms with Gasteiger partial charge in [0.25, 0.3) is 0 Å². The minimum Gasteiger partial charge on any atom is -0.387 e. The number of aliphatic hydroxyl groups is 1. The summed E-state index contributed by atoms with van der Waals surface area (Å²) in [7, 11) is 0. The standard InChI is InChI=1S/C23H30N4O2/c1-3-24-23(26-16-21(28)19-10-6-17(2)7-11-19)25-15-18-8-12-20(13-9-18)27-14-4-5-22(27)29/h6-13,21,28H,3-5,14-16H2,1-2H3,(H2,24,25,26). The van der Waals surface area contributed by atoms with E-state index >= 15 is 0 Å². The van der Waals surface area contributed by atoms with Crippen LogP contribution in [0.1, 0.15) is 42.6 Å². The first-order valence-corrected chi connectivity index (χ1v) is 10.2. The van der Waals surface area contributed by atoms with E-state index in [2.05, 4.69) is 15.6 Å². The second-order valence-corrected chi connectivity index (χ2v) is 7.32. The van der Waals surface area contributed by atoms with Crippen LogP contribution < -0.4 is 15.5 Å². The van der Waals surface area contributed by atoms with Crippen molar-refractivity contribution in [2.45, 2.75) is 39.3 Å². The van der Waals surface area contributed by atoms with Crippen molar-refractivity contribution < 1.29 is 9.90 Å². The summed E-state index contributed by atoms with van der Waals surface area (Å²) in [5.41, 5.74) is 4.07. The zero-order valence-electron chi connectivity index (χ0n) is 17.2. The quantitative estimate of drug-likeness (QED) is 0.499. The highest BCUT2D eigenvalue weighted by Crippen LogP contribution is 2.21. The average Bonchev–Trinajstić information content (AvgIpc) is 3.16. The number of aliphatic hydroxyl groups excluding tert-OH is 1. The number of aryl methyl sites for hydroxylation is 1. The maximum absolute atomic E-state index is 11.9. The molecule has 1 aliphatic rings. The Labute approximate surface area is 172 Å². The summed E-state index contributed by atoms with van der Waals surface area (Å²) < 4.78 is 0. The largest absolute Gasteiger partial charge is 0.387 e. The third-order valence-corrected chi connectivity index (χ3v) is 5.01. The molecule has 154 valence electrons. The van der Waals surface area contributed by atoms with E-state index in [9.17, 15) is 9.90 Å². The van der Waals surface area contributed by atoms with Crippen LogP contribution in [0.15, 0.2) is 53.5 Å². The molecular weight excluding hydrogens is 364 g/mol. The van der Waals surface area contributed by atoms with Gasteiger partial charge in [0.2, 0.25) is 5.91 Å². The first-order valence-electron chi connectivity index (χ1n) is 10.2. The van der Waals surface area contributed by atoms with Crippen LogP contribution in [-0.4, -0.2) is 36.6 Å². The van der Waals surface area contributed by atoms with Crippen molar-refractivity contribution in [3.05, 3.63) is 65.2 Å². The molecule has 1 unspecified atom stereocenters. The fraction of sp³-hybridized carbons (Fsp3) is 0.391. The van der Waals surface area contributed by atoms with E-state index in [-0.39, 0.29) is 5.91 Å². The minimum atomic E-state index is -0.600. The lowest BCUT2D eigenvalue weighted by molar-refractivity contribution is -0.117. The lowest BCUT2D eigenvalue weighted by Gasteiger charge is -2.16. The molecule has 2 aromatic carbocycles. The SMILES string of the molecule is CCNC(=NCc1ccc(N2CCCC2=O)cc1)NCC(O)c1ccc(C)cc1. The van der Waals surface area contributed by atoms with E-state index in [0.29, 0.717) is 25.5 Å². The van der Waals surface area contributed by atoms with Crippen LogP contribution in [0, 0.1) is 6.92 Å². The van der Waals surface area contributed by atoms with Gasteiger partial charge in [-0.05, 0) is 43.5 Å². The van der Waals surface area contributed by atoms with Gasteiger partial charge in [-0.15, -0.1) is 0 Å². The number of hydrogen-bond acceptors (Lipinski definition) is 3. The first kappa shape index (κ1) is 20.9. The highest BCUT2D eigenvalue weighted by molar-refractivity contribution is 5.95. The third-order valence-electron chi connectivity index (χ3n) is 5.01. The Morgan fingerprint density at radius 3 is 2.48 bits per heavy atom. The van der Waals surface area contributed by atoms with Gasteiger partial charge in [-0.25, -0.2) is 4.99 Å². The molecule has 0 radical (unpaired) electrons. The van der Waals surface area contributed by atoms with Gasteiger partial charge in [0.05, 0.1) is 12.6 Å². The molecule has 0 aliphatic carbocycles. The van der Waals surface area contributed by atoms with Crippen LogP contribution in [0.5, 0.6) is 0 Å². The summed E-state index contributed by atoms with van der Waals surface area (Å²) in [6, 6.07) is 15.9. The lowest BCUT2D eigenvalue weighted by atomic mass is 10.1. The molecule has 6 nitrogen and oxygen atoms in total. The summed E-state index contributed by atoms with van der Waals surface area (Å²) in [4.78, 5) is 18.3. The number of nitrogens with zero attached hydrogens (tertiary/aromatic N) is 2. The van der Waals surface area contributed by atoms with E-state index in [0.717, 1.165) is 36.3 Å². The predicted molar refractivity (Wildman–Crippen MR) is 117 cm³/mol. The Balaban J connectivity index is 1.57. The minimum absolute atomic E-state index is 0.196. The van der Waals surface area contributed by atoms with Gasteiger partial charge in [-0.1, -0.05) is 42.0 Å². The van der Waals surface area contributed by atoms with Crippen molar-refractivity contribution in [2.24, 2.45) is 4.99 Å². The number of hydrogen-bond donors (Lipinski definition) is 3. The molecule has 1 fully saturated rings. The number of rotatable bonds is 7. The van der Waals surface area contributed by atoms with Crippen LogP contribution in [-0.2, 0) is 11.3 Å². The van der Waals surface area contributed by atoms with E-state index < -0.39 is 6.10 Å².